The number of ether oxygens (including phenoxy) is 2. The molecule has 0 aliphatic heterocycles. The molecule has 27 heavy (non-hydrogen) atoms. The summed E-state index contributed by atoms with van der Waals surface area (Å²) in [4.78, 5) is 16.0. The Balaban J connectivity index is 1.94. The average molecular weight is 361 g/mol. The van der Waals surface area contributed by atoms with Crippen molar-refractivity contribution < 1.29 is 14.3 Å². The van der Waals surface area contributed by atoms with Crippen molar-refractivity contribution >= 4 is 17.5 Å². The van der Waals surface area contributed by atoms with Crippen LogP contribution in [0.5, 0.6) is 5.75 Å². The number of carbonyl (C=O) groups is 1. The molecule has 1 heterocycles. The zero-order chi connectivity index (χ0) is 19.1. The van der Waals surface area contributed by atoms with Gasteiger partial charge < -0.3 is 9.47 Å². The summed E-state index contributed by atoms with van der Waals surface area (Å²) in [7, 11) is 2.79. The van der Waals surface area contributed by atoms with Crippen LogP contribution in [0.4, 0.5) is 5.82 Å². The lowest BCUT2D eigenvalue weighted by Gasteiger charge is -2.10. The monoisotopic (exact) mass is 361 g/mol. The number of carbonyl (C=O) groups excluding carboxylic acids is 1. The summed E-state index contributed by atoms with van der Waals surface area (Å²) >= 11 is 0. The van der Waals surface area contributed by atoms with Gasteiger partial charge in [-0.2, -0.15) is 5.10 Å². The van der Waals surface area contributed by atoms with Crippen LogP contribution < -0.4 is 10.2 Å². The standard InChI is InChI=1S/C21H19N3O3/c1-26-18-13-19(22-14-17(18)21(25)27-2)23-24-20(15-9-5-3-6-10-15)16-11-7-4-8-12-16/h3-14H,1-2H3,(H,22,23). The Morgan fingerprint density at radius 1 is 0.963 bits per heavy atom. The molecule has 6 nitrogen and oxygen atoms in total. The third-order valence-corrected chi connectivity index (χ3v) is 3.87. The van der Waals surface area contributed by atoms with Crippen LogP contribution in [-0.4, -0.2) is 30.9 Å². The second-order valence-electron chi connectivity index (χ2n) is 5.57. The third-order valence-electron chi connectivity index (χ3n) is 3.87. The van der Waals surface area contributed by atoms with Crippen molar-refractivity contribution in [3.05, 3.63) is 89.6 Å². The molecule has 3 aromatic rings. The zero-order valence-corrected chi connectivity index (χ0v) is 15.0. The van der Waals surface area contributed by atoms with Crippen molar-refractivity contribution in [2.45, 2.75) is 0 Å². The largest absolute Gasteiger partial charge is 0.496 e. The quantitative estimate of drug-likeness (QED) is 0.411. The molecule has 0 spiro atoms. The number of nitrogens with zero attached hydrogens (tertiary/aromatic N) is 2. The van der Waals surface area contributed by atoms with Gasteiger partial charge in [0.2, 0.25) is 0 Å². The van der Waals surface area contributed by atoms with Gasteiger partial charge in [-0.05, 0) is 0 Å². The summed E-state index contributed by atoms with van der Waals surface area (Å²) in [6, 6.07) is 21.3. The lowest BCUT2D eigenvalue weighted by atomic mass is 10.0. The Morgan fingerprint density at radius 2 is 1.56 bits per heavy atom. The average Bonchev–Trinajstić information content (AvgIpc) is 2.74. The summed E-state index contributed by atoms with van der Waals surface area (Å²) in [6.07, 6.45) is 1.40. The highest BCUT2D eigenvalue weighted by atomic mass is 16.5. The first-order chi connectivity index (χ1) is 13.2. The van der Waals surface area contributed by atoms with Gasteiger partial charge in [0, 0.05) is 23.4 Å². The van der Waals surface area contributed by atoms with Gasteiger partial charge in [0.15, 0.2) is 0 Å². The number of aromatic nitrogens is 1. The number of rotatable bonds is 6. The van der Waals surface area contributed by atoms with Gasteiger partial charge >= 0.3 is 5.97 Å². The summed E-state index contributed by atoms with van der Waals surface area (Å²) in [6.45, 7) is 0. The van der Waals surface area contributed by atoms with Crippen LogP contribution >= 0.6 is 0 Å². The molecule has 6 heteroatoms. The van der Waals surface area contributed by atoms with Crippen molar-refractivity contribution in [2.24, 2.45) is 5.10 Å². The number of benzene rings is 2. The van der Waals surface area contributed by atoms with Crippen molar-refractivity contribution in [2.75, 3.05) is 19.6 Å². The Hall–Kier alpha value is -3.67. The van der Waals surface area contributed by atoms with Crippen LogP contribution in [0.3, 0.4) is 0 Å². The molecule has 0 radical (unpaired) electrons. The maximum absolute atomic E-state index is 11.8. The minimum absolute atomic E-state index is 0.251. The predicted molar refractivity (Wildman–Crippen MR) is 104 cm³/mol. The first-order valence-electron chi connectivity index (χ1n) is 8.30. The van der Waals surface area contributed by atoms with E-state index in [-0.39, 0.29) is 5.56 Å². The number of hydrogen-bond donors (Lipinski definition) is 1. The highest BCUT2D eigenvalue weighted by Gasteiger charge is 2.14. The van der Waals surface area contributed by atoms with Crippen LogP contribution in [-0.2, 0) is 4.74 Å². The molecule has 3 rings (SSSR count). The van der Waals surface area contributed by atoms with E-state index >= 15 is 0 Å². The molecular weight excluding hydrogens is 342 g/mol. The summed E-state index contributed by atoms with van der Waals surface area (Å²) < 4.78 is 9.98. The topological polar surface area (TPSA) is 72.8 Å². The molecule has 1 N–H and O–H groups in total. The Kier molecular flexibility index (Phi) is 5.79. The fourth-order valence-corrected chi connectivity index (χ4v) is 2.53. The Labute approximate surface area is 157 Å². The molecule has 0 aliphatic carbocycles. The van der Waals surface area contributed by atoms with E-state index in [4.69, 9.17) is 9.47 Å². The van der Waals surface area contributed by atoms with Gasteiger partial charge in [0.1, 0.15) is 17.1 Å². The molecule has 2 aromatic carbocycles. The van der Waals surface area contributed by atoms with Gasteiger partial charge in [-0.15, -0.1) is 0 Å². The maximum Gasteiger partial charge on any atom is 0.343 e. The van der Waals surface area contributed by atoms with Gasteiger partial charge in [-0.3, -0.25) is 5.43 Å². The third kappa shape index (κ3) is 4.30. The first kappa shape index (κ1) is 18.1. The number of hydrazone groups is 1. The van der Waals surface area contributed by atoms with Gasteiger partial charge in [-0.25, -0.2) is 9.78 Å². The number of esters is 1. The zero-order valence-electron chi connectivity index (χ0n) is 15.0. The second kappa shape index (κ2) is 8.62. The number of pyridine rings is 1. The van der Waals surface area contributed by atoms with Gasteiger partial charge in [-0.1, -0.05) is 60.7 Å². The van der Waals surface area contributed by atoms with E-state index in [0.29, 0.717) is 11.6 Å². The van der Waals surface area contributed by atoms with E-state index in [1.54, 1.807) is 6.07 Å². The lowest BCUT2D eigenvalue weighted by Crippen LogP contribution is -2.08. The normalized spacial score (nSPS) is 10.0. The molecule has 0 fully saturated rings. The number of methoxy groups -OCH3 is 2. The van der Waals surface area contributed by atoms with E-state index in [9.17, 15) is 4.79 Å². The lowest BCUT2D eigenvalue weighted by molar-refractivity contribution is 0.0596. The molecule has 136 valence electrons. The Morgan fingerprint density at radius 3 is 2.07 bits per heavy atom. The smallest absolute Gasteiger partial charge is 0.343 e. The van der Waals surface area contributed by atoms with Gasteiger partial charge in [0.25, 0.3) is 0 Å². The Bertz CT molecular complexity index is 900. The van der Waals surface area contributed by atoms with Crippen LogP contribution in [0.15, 0.2) is 78.0 Å². The summed E-state index contributed by atoms with van der Waals surface area (Å²) in [5.41, 5.74) is 5.90. The van der Waals surface area contributed by atoms with Gasteiger partial charge in [0.05, 0.1) is 19.9 Å². The number of anilines is 1. The minimum Gasteiger partial charge on any atom is -0.496 e. The van der Waals surface area contributed by atoms with Crippen molar-refractivity contribution in [1.82, 2.24) is 4.98 Å². The van der Waals surface area contributed by atoms with Crippen molar-refractivity contribution in [3.8, 4) is 5.75 Å². The molecule has 0 saturated heterocycles. The van der Waals surface area contributed by atoms with Crippen molar-refractivity contribution in [3.63, 3.8) is 0 Å². The van der Waals surface area contributed by atoms with E-state index < -0.39 is 5.97 Å². The maximum atomic E-state index is 11.8. The molecule has 0 bridgehead atoms. The van der Waals surface area contributed by atoms with E-state index in [1.165, 1.54) is 20.4 Å². The highest BCUT2D eigenvalue weighted by Crippen LogP contribution is 2.22. The molecule has 0 unspecified atom stereocenters. The number of nitrogens with one attached hydrogen (secondary N) is 1. The van der Waals surface area contributed by atoms with Crippen LogP contribution in [0, 0.1) is 0 Å². The molecule has 0 aliphatic rings. The molecule has 0 amide bonds. The molecule has 1 aromatic heterocycles. The summed E-state index contributed by atoms with van der Waals surface area (Å²) in [5, 5.41) is 4.54. The highest BCUT2D eigenvalue weighted by molar-refractivity contribution is 6.13. The van der Waals surface area contributed by atoms with E-state index in [2.05, 4.69) is 15.5 Å². The van der Waals surface area contributed by atoms with E-state index in [0.717, 1.165) is 16.8 Å². The fraction of sp³-hybridized carbons (Fsp3) is 0.0952. The molecular formula is C21H19N3O3. The summed E-state index contributed by atoms with van der Waals surface area (Å²) in [5.74, 6) is 0.294. The second-order valence-corrected chi connectivity index (χ2v) is 5.57. The fourth-order valence-electron chi connectivity index (χ4n) is 2.53. The van der Waals surface area contributed by atoms with Crippen LogP contribution in [0.1, 0.15) is 21.5 Å². The van der Waals surface area contributed by atoms with Crippen LogP contribution in [0.2, 0.25) is 0 Å². The SMILES string of the molecule is COC(=O)c1cnc(NN=C(c2ccccc2)c2ccccc2)cc1OC. The minimum atomic E-state index is -0.510. The molecule has 0 atom stereocenters. The predicted octanol–water partition coefficient (Wildman–Crippen LogP) is 3.74. The van der Waals surface area contributed by atoms with Crippen molar-refractivity contribution in [1.29, 1.82) is 0 Å². The number of hydrogen-bond acceptors (Lipinski definition) is 6. The molecule has 0 saturated carbocycles. The first-order valence-corrected chi connectivity index (χ1v) is 8.30. The van der Waals surface area contributed by atoms with Crippen LogP contribution in [0.25, 0.3) is 0 Å². The van der Waals surface area contributed by atoms with E-state index in [1.807, 2.05) is 60.7 Å².